The number of rotatable bonds is 3. The maximum Gasteiger partial charge on any atom is 0.145 e. The number of hydrogen-bond donors (Lipinski definition) is 0. The van der Waals surface area contributed by atoms with Gasteiger partial charge in [0.15, 0.2) is 0 Å². The fourth-order valence-electron chi connectivity index (χ4n) is 1.92. The van der Waals surface area contributed by atoms with Crippen LogP contribution >= 0.6 is 11.8 Å². The van der Waals surface area contributed by atoms with Gasteiger partial charge in [-0.05, 0) is 30.9 Å². The van der Waals surface area contributed by atoms with Crippen LogP contribution in [0.2, 0.25) is 0 Å². The Kier molecular flexibility index (Phi) is 3.47. The highest BCUT2D eigenvalue weighted by Gasteiger charge is 2.24. The van der Waals surface area contributed by atoms with Crippen molar-refractivity contribution in [3.63, 3.8) is 0 Å². The van der Waals surface area contributed by atoms with Gasteiger partial charge in [-0.3, -0.25) is 4.79 Å². The fourth-order valence-corrected chi connectivity index (χ4v) is 3.26. The third kappa shape index (κ3) is 2.63. The van der Waals surface area contributed by atoms with E-state index in [9.17, 15) is 4.79 Å². The summed E-state index contributed by atoms with van der Waals surface area (Å²) in [5.74, 6) is 1.43. The number of Topliss-reactive ketones (excluding diaryl/α,β-unsaturated/α-hetero) is 1. The average molecular weight is 220 g/mol. The van der Waals surface area contributed by atoms with Crippen LogP contribution in [0.1, 0.15) is 30.4 Å². The molecule has 0 N–H and O–H groups in total. The Morgan fingerprint density at radius 2 is 2.20 bits per heavy atom. The fraction of sp³-hybridized carbons (Fsp3) is 0.462. The van der Waals surface area contributed by atoms with Gasteiger partial charge in [-0.1, -0.05) is 24.3 Å². The molecule has 0 spiro atoms. The standard InChI is InChI=1S/C13H16OS/c1-10-5-2-3-6-11(10)9-15-13-8-4-7-12(13)14/h2-3,5-6,13H,4,7-9H2,1H3. The summed E-state index contributed by atoms with van der Waals surface area (Å²) in [6.07, 6.45) is 2.96. The molecule has 1 aliphatic rings. The van der Waals surface area contributed by atoms with Crippen LogP contribution < -0.4 is 0 Å². The van der Waals surface area contributed by atoms with Crippen LogP contribution in [0.4, 0.5) is 0 Å². The molecule has 2 heteroatoms. The Morgan fingerprint density at radius 3 is 2.87 bits per heavy atom. The quantitative estimate of drug-likeness (QED) is 0.777. The minimum atomic E-state index is 0.268. The van der Waals surface area contributed by atoms with Crippen molar-refractivity contribution in [2.75, 3.05) is 0 Å². The van der Waals surface area contributed by atoms with E-state index >= 15 is 0 Å². The third-order valence-corrected chi connectivity index (χ3v) is 4.33. The molecule has 0 heterocycles. The SMILES string of the molecule is Cc1ccccc1CSC1CCCC1=O. The minimum absolute atomic E-state index is 0.268. The predicted octanol–water partition coefficient (Wildman–Crippen LogP) is 3.35. The molecule has 0 radical (unpaired) electrons. The van der Waals surface area contributed by atoms with Gasteiger partial charge >= 0.3 is 0 Å². The van der Waals surface area contributed by atoms with Crippen LogP contribution in [-0.4, -0.2) is 11.0 Å². The topological polar surface area (TPSA) is 17.1 Å². The molecule has 1 atom stereocenters. The Balaban J connectivity index is 1.93. The molecule has 1 fully saturated rings. The molecule has 2 rings (SSSR count). The van der Waals surface area contributed by atoms with E-state index in [1.807, 2.05) is 11.8 Å². The Hall–Kier alpha value is -0.760. The highest BCUT2D eigenvalue weighted by molar-refractivity contribution is 7.99. The first-order valence-corrected chi connectivity index (χ1v) is 6.51. The van der Waals surface area contributed by atoms with Gasteiger partial charge in [-0.2, -0.15) is 0 Å². The molecular weight excluding hydrogens is 204 g/mol. The van der Waals surface area contributed by atoms with E-state index in [-0.39, 0.29) is 5.25 Å². The zero-order valence-electron chi connectivity index (χ0n) is 9.03. The van der Waals surface area contributed by atoms with Gasteiger partial charge in [0.2, 0.25) is 0 Å². The lowest BCUT2D eigenvalue weighted by molar-refractivity contribution is -0.116. The lowest BCUT2D eigenvalue weighted by atomic mass is 10.1. The molecule has 15 heavy (non-hydrogen) atoms. The van der Waals surface area contributed by atoms with Crippen molar-refractivity contribution in [3.8, 4) is 0 Å². The van der Waals surface area contributed by atoms with Gasteiger partial charge in [0.05, 0.1) is 5.25 Å². The van der Waals surface area contributed by atoms with Crippen LogP contribution in [0.3, 0.4) is 0 Å². The summed E-state index contributed by atoms with van der Waals surface area (Å²) in [5.41, 5.74) is 2.69. The minimum Gasteiger partial charge on any atom is -0.298 e. The third-order valence-electron chi connectivity index (χ3n) is 2.95. The van der Waals surface area contributed by atoms with E-state index < -0.39 is 0 Å². The lowest BCUT2D eigenvalue weighted by Crippen LogP contribution is -2.08. The summed E-state index contributed by atoms with van der Waals surface area (Å²) in [4.78, 5) is 11.5. The number of aryl methyl sites for hydroxylation is 1. The molecule has 80 valence electrons. The van der Waals surface area contributed by atoms with Crippen molar-refractivity contribution in [3.05, 3.63) is 35.4 Å². The molecule has 0 aromatic heterocycles. The largest absolute Gasteiger partial charge is 0.298 e. The van der Waals surface area contributed by atoms with Crippen LogP contribution in [0.5, 0.6) is 0 Å². The molecule has 1 aromatic carbocycles. The highest BCUT2D eigenvalue weighted by atomic mass is 32.2. The number of carbonyl (C=O) groups excluding carboxylic acids is 1. The van der Waals surface area contributed by atoms with E-state index in [1.165, 1.54) is 11.1 Å². The summed E-state index contributed by atoms with van der Waals surface area (Å²) in [6.45, 7) is 2.13. The van der Waals surface area contributed by atoms with E-state index in [4.69, 9.17) is 0 Å². The van der Waals surface area contributed by atoms with Crippen LogP contribution in [0.15, 0.2) is 24.3 Å². The molecule has 1 unspecified atom stereocenters. The summed E-state index contributed by atoms with van der Waals surface area (Å²) >= 11 is 1.81. The number of benzene rings is 1. The molecule has 0 saturated heterocycles. The van der Waals surface area contributed by atoms with Crippen molar-refractivity contribution < 1.29 is 4.79 Å². The van der Waals surface area contributed by atoms with Gasteiger partial charge in [0, 0.05) is 12.2 Å². The van der Waals surface area contributed by atoms with Gasteiger partial charge < -0.3 is 0 Å². The van der Waals surface area contributed by atoms with Gasteiger partial charge in [-0.15, -0.1) is 11.8 Å². The summed E-state index contributed by atoms with van der Waals surface area (Å²) in [7, 11) is 0. The first-order chi connectivity index (χ1) is 7.27. The maximum atomic E-state index is 11.5. The second-order valence-electron chi connectivity index (χ2n) is 4.08. The van der Waals surface area contributed by atoms with Crippen LogP contribution in [-0.2, 0) is 10.5 Å². The number of ketones is 1. The van der Waals surface area contributed by atoms with Crippen LogP contribution in [0, 0.1) is 6.92 Å². The molecule has 1 nitrogen and oxygen atoms in total. The normalized spacial score (nSPS) is 20.9. The number of thioether (sulfide) groups is 1. The molecule has 1 saturated carbocycles. The Labute approximate surface area is 95.3 Å². The lowest BCUT2D eigenvalue weighted by Gasteiger charge is -2.09. The first kappa shape index (κ1) is 10.7. The first-order valence-electron chi connectivity index (χ1n) is 5.46. The molecule has 1 aromatic rings. The second-order valence-corrected chi connectivity index (χ2v) is 5.28. The van der Waals surface area contributed by atoms with E-state index in [1.54, 1.807) is 0 Å². The van der Waals surface area contributed by atoms with Crippen molar-refractivity contribution in [1.29, 1.82) is 0 Å². The molecule has 0 aliphatic heterocycles. The van der Waals surface area contributed by atoms with Crippen molar-refractivity contribution in [2.24, 2.45) is 0 Å². The van der Waals surface area contributed by atoms with Gasteiger partial charge in [0.1, 0.15) is 5.78 Å². The molecular formula is C13H16OS. The predicted molar refractivity (Wildman–Crippen MR) is 65.1 cm³/mol. The zero-order valence-corrected chi connectivity index (χ0v) is 9.85. The number of carbonyl (C=O) groups is 1. The Bertz CT molecular complexity index is 359. The monoisotopic (exact) mass is 220 g/mol. The summed E-state index contributed by atoms with van der Waals surface area (Å²) in [6, 6.07) is 8.41. The van der Waals surface area contributed by atoms with Gasteiger partial charge in [-0.25, -0.2) is 0 Å². The summed E-state index contributed by atoms with van der Waals surface area (Å²) in [5, 5.41) is 0.268. The van der Waals surface area contributed by atoms with Crippen molar-refractivity contribution in [1.82, 2.24) is 0 Å². The van der Waals surface area contributed by atoms with E-state index in [0.29, 0.717) is 5.78 Å². The van der Waals surface area contributed by atoms with Crippen molar-refractivity contribution >= 4 is 17.5 Å². The Morgan fingerprint density at radius 1 is 1.40 bits per heavy atom. The zero-order chi connectivity index (χ0) is 10.7. The van der Waals surface area contributed by atoms with Crippen molar-refractivity contribution in [2.45, 2.75) is 37.2 Å². The molecule has 0 bridgehead atoms. The average Bonchev–Trinajstić information content (AvgIpc) is 2.63. The smallest absolute Gasteiger partial charge is 0.145 e. The highest BCUT2D eigenvalue weighted by Crippen LogP contribution is 2.29. The van der Waals surface area contributed by atoms with E-state index in [0.717, 1.165) is 25.0 Å². The molecule has 1 aliphatic carbocycles. The van der Waals surface area contributed by atoms with Gasteiger partial charge in [0.25, 0.3) is 0 Å². The number of hydrogen-bond acceptors (Lipinski definition) is 2. The maximum absolute atomic E-state index is 11.5. The van der Waals surface area contributed by atoms with E-state index in [2.05, 4.69) is 31.2 Å². The molecule has 0 amide bonds. The summed E-state index contributed by atoms with van der Waals surface area (Å²) < 4.78 is 0. The second kappa shape index (κ2) is 4.84. The van der Waals surface area contributed by atoms with Crippen LogP contribution in [0.25, 0.3) is 0 Å².